The van der Waals surface area contributed by atoms with Gasteiger partial charge in [-0.05, 0) is 36.1 Å². The van der Waals surface area contributed by atoms with Gasteiger partial charge in [0.15, 0.2) is 0 Å². The lowest BCUT2D eigenvalue weighted by molar-refractivity contribution is -0.128. The van der Waals surface area contributed by atoms with Gasteiger partial charge in [0, 0.05) is 31.2 Å². The number of nitrogens with zero attached hydrogens (tertiary/aromatic N) is 2. The minimum atomic E-state index is 0. The summed E-state index contributed by atoms with van der Waals surface area (Å²) >= 11 is 0. The van der Waals surface area contributed by atoms with E-state index in [9.17, 15) is 4.79 Å². The Hall–Kier alpha value is -1.75. The van der Waals surface area contributed by atoms with Crippen molar-refractivity contribution in [2.45, 2.75) is 12.3 Å². The number of carbonyl (C=O) groups excluding carboxylic acids is 1. The number of likely N-dealkylation sites (tertiary alicyclic amines) is 1. The lowest BCUT2D eigenvalue weighted by Gasteiger charge is -2.23. The smallest absolute Gasteiger partial charge is 0.242 e. The SMILES string of the molecule is Cl.Cl.NC[C@@H]1CN(C(=O)CN2CCc3ccccc32)C[C@H]1c1ccccc1. The van der Waals surface area contributed by atoms with Gasteiger partial charge in [0.05, 0.1) is 6.54 Å². The van der Waals surface area contributed by atoms with E-state index in [1.165, 1.54) is 16.8 Å². The Balaban J connectivity index is 0.00000131. The number of benzene rings is 2. The molecule has 2 aliphatic heterocycles. The summed E-state index contributed by atoms with van der Waals surface area (Å²) in [5, 5.41) is 0. The predicted molar refractivity (Wildman–Crippen MR) is 115 cm³/mol. The van der Waals surface area contributed by atoms with E-state index < -0.39 is 0 Å². The maximum atomic E-state index is 12.9. The molecule has 0 spiro atoms. The minimum Gasteiger partial charge on any atom is -0.362 e. The van der Waals surface area contributed by atoms with Crippen LogP contribution >= 0.6 is 24.8 Å². The van der Waals surface area contributed by atoms with Gasteiger partial charge in [-0.3, -0.25) is 4.79 Å². The highest BCUT2D eigenvalue weighted by molar-refractivity contribution is 5.85. The second kappa shape index (κ2) is 9.45. The molecular formula is C21H27Cl2N3O. The van der Waals surface area contributed by atoms with Crippen LogP contribution in [0.15, 0.2) is 54.6 Å². The third kappa shape index (κ3) is 4.40. The van der Waals surface area contributed by atoms with Gasteiger partial charge in [0.25, 0.3) is 0 Å². The molecule has 6 heteroatoms. The van der Waals surface area contributed by atoms with Gasteiger partial charge in [-0.25, -0.2) is 0 Å². The van der Waals surface area contributed by atoms with E-state index >= 15 is 0 Å². The monoisotopic (exact) mass is 407 g/mol. The van der Waals surface area contributed by atoms with Gasteiger partial charge in [0.2, 0.25) is 5.91 Å². The van der Waals surface area contributed by atoms with E-state index in [0.29, 0.717) is 24.9 Å². The number of rotatable bonds is 4. The van der Waals surface area contributed by atoms with E-state index in [1.54, 1.807) is 0 Å². The van der Waals surface area contributed by atoms with Crippen LogP contribution in [0.2, 0.25) is 0 Å². The molecule has 0 aliphatic carbocycles. The largest absolute Gasteiger partial charge is 0.362 e. The molecule has 4 rings (SSSR count). The van der Waals surface area contributed by atoms with E-state index in [4.69, 9.17) is 5.73 Å². The van der Waals surface area contributed by atoms with Gasteiger partial charge in [-0.2, -0.15) is 0 Å². The lowest BCUT2D eigenvalue weighted by atomic mass is 9.89. The number of carbonyl (C=O) groups is 1. The molecule has 0 unspecified atom stereocenters. The average Bonchev–Trinajstić information content (AvgIpc) is 3.27. The Morgan fingerprint density at radius 1 is 1.00 bits per heavy atom. The number of para-hydroxylation sites is 1. The fourth-order valence-corrected chi connectivity index (χ4v) is 4.23. The van der Waals surface area contributed by atoms with Crippen molar-refractivity contribution < 1.29 is 4.79 Å². The molecule has 2 aliphatic rings. The van der Waals surface area contributed by atoms with E-state index in [-0.39, 0.29) is 30.7 Å². The molecule has 2 aromatic carbocycles. The van der Waals surface area contributed by atoms with Crippen LogP contribution in [0.4, 0.5) is 5.69 Å². The quantitative estimate of drug-likeness (QED) is 0.846. The zero-order chi connectivity index (χ0) is 17.2. The number of anilines is 1. The number of halogens is 2. The van der Waals surface area contributed by atoms with E-state index in [2.05, 4.69) is 47.4 Å². The number of amides is 1. The molecule has 146 valence electrons. The van der Waals surface area contributed by atoms with E-state index in [0.717, 1.165) is 26.1 Å². The molecule has 2 N–H and O–H groups in total. The van der Waals surface area contributed by atoms with Crippen molar-refractivity contribution >= 4 is 36.4 Å². The van der Waals surface area contributed by atoms with Crippen LogP contribution in [0.1, 0.15) is 17.0 Å². The van der Waals surface area contributed by atoms with Crippen molar-refractivity contribution in [3.05, 3.63) is 65.7 Å². The zero-order valence-electron chi connectivity index (χ0n) is 15.3. The van der Waals surface area contributed by atoms with Crippen LogP contribution in [-0.2, 0) is 11.2 Å². The standard InChI is InChI=1S/C21H25N3O.2ClH/c22-12-18-13-24(14-19(18)16-6-2-1-3-7-16)21(25)15-23-11-10-17-8-4-5-9-20(17)23;;/h1-9,18-19H,10-15,22H2;2*1H/t18-,19+;;/m1../s1. The number of hydrogen-bond acceptors (Lipinski definition) is 3. The Bertz CT molecular complexity index is 756. The first-order valence-corrected chi connectivity index (χ1v) is 9.12. The molecular weight excluding hydrogens is 381 g/mol. The van der Waals surface area contributed by atoms with Crippen molar-refractivity contribution in [2.75, 3.05) is 37.6 Å². The van der Waals surface area contributed by atoms with Crippen molar-refractivity contribution in [3.63, 3.8) is 0 Å². The zero-order valence-corrected chi connectivity index (χ0v) is 16.9. The highest BCUT2D eigenvalue weighted by Crippen LogP contribution is 2.33. The summed E-state index contributed by atoms with van der Waals surface area (Å²) in [4.78, 5) is 17.1. The van der Waals surface area contributed by atoms with Crippen molar-refractivity contribution in [2.24, 2.45) is 11.7 Å². The molecule has 27 heavy (non-hydrogen) atoms. The maximum Gasteiger partial charge on any atom is 0.242 e. The Kier molecular flexibility index (Phi) is 7.54. The van der Waals surface area contributed by atoms with Gasteiger partial charge in [-0.15, -0.1) is 24.8 Å². The molecule has 2 heterocycles. The summed E-state index contributed by atoms with van der Waals surface area (Å²) in [6.45, 7) is 3.57. The molecule has 0 bridgehead atoms. The Morgan fingerprint density at radius 3 is 2.44 bits per heavy atom. The molecule has 1 saturated heterocycles. The molecule has 1 fully saturated rings. The molecule has 4 nitrogen and oxygen atoms in total. The summed E-state index contributed by atoms with van der Waals surface area (Å²) in [5.74, 6) is 0.909. The fourth-order valence-electron chi connectivity index (χ4n) is 4.23. The average molecular weight is 408 g/mol. The van der Waals surface area contributed by atoms with Crippen molar-refractivity contribution in [3.8, 4) is 0 Å². The van der Waals surface area contributed by atoms with Gasteiger partial charge in [0.1, 0.15) is 0 Å². The molecule has 0 saturated carbocycles. The minimum absolute atomic E-state index is 0. The van der Waals surface area contributed by atoms with Crippen LogP contribution in [0.5, 0.6) is 0 Å². The summed E-state index contributed by atoms with van der Waals surface area (Å²) in [6.07, 6.45) is 1.03. The van der Waals surface area contributed by atoms with Crippen LogP contribution in [0.25, 0.3) is 0 Å². The Morgan fingerprint density at radius 2 is 1.70 bits per heavy atom. The lowest BCUT2D eigenvalue weighted by Crippen LogP contribution is -2.39. The second-order valence-electron chi connectivity index (χ2n) is 7.11. The highest BCUT2D eigenvalue weighted by Gasteiger charge is 2.36. The number of nitrogens with two attached hydrogens (primary N) is 1. The molecule has 2 aromatic rings. The third-order valence-corrected chi connectivity index (χ3v) is 5.63. The second-order valence-corrected chi connectivity index (χ2v) is 7.11. The van der Waals surface area contributed by atoms with E-state index in [1.807, 2.05) is 17.0 Å². The van der Waals surface area contributed by atoms with Crippen molar-refractivity contribution in [1.82, 2.24) is 4.90 Å². The normalized spacial score (nSPS) is 20.6. The van der Waals surface area contributed by atoms with Crippen LogP contribution in [-0.4, -0.2) is 43.5 Å². The summed E-state index contributed by atoms with van der Waals surface area (Å²) in [5.41, 5.74) is 9.85. The first-order valence-electron chi connectivity index (χ1n) is 9.12. The fraction of sp³-hybridized carbons (Fsp3) is 0.381. The first kappa shape index (κ1) is 21.5. The Labute approximate surface area is 173 Å². The van der Waals surface area contributed by atoms with Crippen molar-refractivity contribution in [1.29, 1.82) is 0 Å². The topological polar surface area (TPSA) is 49.6 Å². The van der Waals surface area contributed by atoms with Crippen LogP contribution in [0, 0.1) is 5.92 Å². The molecule has 0 radical (unpaired) electrons. The predicted octanol–water partition coefficient (Wildman–Crippen LogP) is 3.09. The number of fused-ring (bicyclic) bond motifs is 1. The molecule has 2 atom stereocenters. The summed E-state index contributed by atoms with van der Waals surface area (Å²) in [6, 6.07) is 18.9. The first-order chi connectivity index (χ1) is 12.3. The maximum absolute atomic E-state index is 12.9. The van der Waals surface area contributed by atoms with Gasteiger partial charge >= 0.3 is 0 Å². The molecule has 0 aromatic heterocycles. The summed E-state index contributed by atoms with van der Waals surface area (Å²) < 4.78 is 0. The van der Waals surface area contributed by atoms with Gasteiger partial charge < -0.3 is 15.5 Å². The third-order valence-electron chi connectivity index (χ3n) is 5.63. The number of hydrogen-bond donors (Lipinski definition) is 1. The van der Waals surface area contributed by atoms with Crippen LogP contribution < -0.4 is 10.6 Å². The summed E-state index contributed by atoms with van der Waals surface area (Å²) in [7, 11) is 0. The van der Waals surface area contributed by atoms with Gasteiger partial charge in [-0.1, -0.05) is 48.5 Å². The molecule has 1 amide bonds. The highest BCUT2D eigenvalue weighted by atomic mass is 35.5. The van der Waals surface area contributed by atoms with Crippen LogP contribution in [0.3, 0.4) is 0 Å².